The van der Waals surface area contributed by atoms with Gasteiger partial charge in [-0.1, -0.05) is 35.5 Å². The van der Waals surface area contributed by atoms with Crippen LogP contribution in [0.25, 0.3) is 0 Å². The summed E-state index contributed by atoms with van der Waals surface area (Å²) in [5, 5.41) is 2.02. The van der Waals surface area contributed by atoms with Gasteiger partial charge in [0.05, 0.1) is 34.3 Å². The van der Waals surface area contributed by atoms with Gasteiger partial charge in [0.1, 0.15) is 4.91 Å². The number of aryl methyl sites for hydroxylation is 1. The highest BCUT2D eigenvalue weighted by atomic mass is 35.5. The zero-order valence-electron chi connectivity index (χ0n) is 19.8. The molecule has 0 spiro atoms. The van der Waals surface area contributed by atoms with Crippen LogP contribution in [-0.4, -0.2) is 30.7 Å². The van der Waals surface area contributed by atoms with Gasteiger partial charge >= 0.3 is 5.97 Å². The number of thioether (sulfide) groups is 2. The van der Waals surface area contributed by atoms with E-state index in [1.807, 2.05) is 61.3 Å². The van der Waals surface area contributed by atoms with Crippen molar-refractivity contribution in [2.45, 2.75) is 18.7 Å². The molecule has 0 aromatic heterocycles. The van der Waals surface area contributed by atoms with Crippen LogP contribution < -0.4 is 9.80 Å². The number of benzene rings is 3. The first-order chi connectivity index (χ1) is 17.4. The lowest BCUT2D eigenvalue weighted by molar-refractivity contribution is -0.113. The monoisotopic (exact) mass is 535 g/mol. The van der Waals surface area contributed by atoms with Crippen molar-refractivity contribution in [2.75, 3.05) is 23.5 Å². The third-order valence-corrected chi connectivity index (χ3v) is 8.26. The first-order valence-corrected chi connectivity index (χ1v) is 13.3. The predicted molar refractivity (Wildman–Crippen MR) is 148 cm³/mol. The maximum Gasteiger partial charge on any atom is 0.338 e. The molecule has 1 saturated heterocycles. The number of ether oxygens (including phenoxy) is 1. The number of carbonyl (C=O) groups is 2. The number of amides is 1. The Hall–Kier alpha value is -3.20. The molecule has 0 unspecified atom stereocenters. The molecule has 6 nitrogen and oxygen atoms in total. The molecule has 0 aliphatic carbocycles. The molecule has 3 aromatic rings. The number of fused-ring (bicyclic) bond motifs is 1. The number of esters is 1. The molecule has 5 rings (SSSR count). The summed E-state index contributed by atoms with van der Waals surface area (Å²) in [4.78, 5) is 35.9. The molecule has 0 N–H and O–H groups in total. The molecule has 1 fully saturated rings. The van der Waals surface area contributed by atoms with E-state index in [0.29, 0.717) is 33.0 Å². The Morgan fingerprint density at radius 3 is 2.56 bits per heavy atom. The lowest BCUT2D eigenvalue weighted by Crippen LogP contribution is -2.29. The summed E-state index contributed by atoms with van der Waals surface area (Å²) in [7, 11) is 1.94. The fourth-order valence-electron chi connectivity index (χ4n) is 3.89. The molecular formula is C27H22ClN3O3S2. The van der Waals surface area contributed by atoms with Gasteiger partial charge in [-0.15, -0.1) is 0 Å². The van der Waals surface area contributed by atoms with Crippen LogP contribution in [-0.2, 0) is 9.53 Å². The molecule has 9 heteroatoms. The molecule has 1 amide bonds. The SMILES string of the molecule is CCOC(=O)c1ccc(N=C2SC(=C3Sc4ccc(Cl)cc4N3C)C(=O)N2c2cccc(C)c2)cc1. The molecule has 2 aliphatic heterocycles. The van der Waals surface area contributed by atoms with E-state index in [9.17, 15) is 9.59 Å². The molecule has 0 bridgehead atoms. The standard InChI is InChI=1S/C27H22ClN3O3S2/c1-4-34-26(33)17-8-11-19(12-9-17)29-27-31(20-7-5-6-16(2)14-20)24(32)23(36-27)25-30(3)21-15-18(28)10-13-22(21)35-25/h5-15H,4H2,1-3H3. The van der Waals surface area contributed by atoms with Crippen LogP contribution in [0.1, 0.15) is 22.8 Å². The van der Waals surface area contributed by atoms with Crippen molar-refractivity contribution < 1.29 is 14.3 Å². The van der Waals surface area contributed by atoms with E-state index in [-0.39, 0.29) is 11.9 Å². The van der Waals surface area contributed by atoms with Gasteiger partial charge in [0.25, 0.3) is 5.91 Å². The summed E-state index contributed by atoms with van der Waals surface area (Å²) < 4.78 is 5.06. The van der Waals surface area contributed by atoms with Gasteiger partial charge < -0.3 is 9.64 Å². The lowest BCUT2D eigenvalue weighted by Gasteiger charge is -2.17. The smallest absolute Gasteiger partial charge is 0.338 e. The van der Waals surface area contributed by atoms with Crippen LogP contribution in [0.2, 0.25) is 5.02 Å². The molecular weight excluding hydrogens is 514 g/mol. The zero-order chi connectivity index (χ0) is 25.4. The van der Waals surface area contributed by atoms with Gasteiger partial charge in [-0.05, 0) is 85.8 Å². The summed E-state index contributed by atoms with van der Waals surface area (Å²) in [5.41, 5.74) is 3.83. The summed E-state index contributed by atoms with van der Waals surface area (Å²) >= 11 is 9.10. The number of halogens is 1. The van der Waals surface area contributed by atoms with Crippen molar-refractivity contribution in [1.82, 2.24) is 0 Å². The Morgan fingerprint density at radius 2 is 1.83 bits per heavy atom. The third-order valence-electron chi connectivity index (χ3n) is 5.63. The van der Waals surface area contributed by atoms with Crippen molar-refractivity contribution in [2.24, 2.45) is 4.99 Å². The van der Waals surface area contributed by atoms with E-state index in [0.717, 1.165) is 26.9 Å². The van der Waals surface area contributed by atoms with E-state index in [2.05, 4.69) is 0 Å². The highest BCUT2D eigenvalue weighted by Crippen LogP contribution is 2.51. The number of hydrogen-bond donors (Lipinski definition) is 0. The molecule has 2 heterocycles. The van der Waals surface area contributed by atoms with Crippen LogP contribution in [0.4, 0.5) is 17.1 Å². The minimum Gasteiger partial charge on any atom is -0.462 e. The van der Waals surface area contributed by atoms with Crippen molar-refractivity contribution in [1.29, 1.82) is 0 Å². The molecule has 2 aliphatic rings. The van der Waals surface area contributed by atoms with E-state index in [4.69, 9.17) is 21.3 Å². The first-order valence-electron chi connectivity index (χ1n) is 11.3. The molecule has 3 aromatic carbocycles. The van der Waals surface area contributed by atoms with E-state index < -0.39 is 0 Å². The largest absolute Gasteiger partial charge is 0.462 e. The fraction of sp³-hybridized carbons (Fsp3) is 0.148. The maximum atomic E-state index is 13.8. The van der Waals surface area contributed by atoms with Crippen LogP contribution in [0.3, 0.4) is 0 Å². The highest BCUT2D eigenvalue weighted by molar-refractivity contribution is 8.20. The Labute approximate surface area is 223 Å². The van der Waals surface area contributed by atoms with Gasteiger partial charge in [0.2, 0.25) is 0 Å². The van der Waals surface area contributed by atoms with E-state index >= 15 is 0 Å². The quantitative estimate of drug-likeness (QED) is 0.265. The third kappa shape index (κ3) is 4.64. The maximum absolute atomic E-state index is 13.8. The Kier molecular flexibility index (Phi) is 6.83. The van der Waals surface area contributed by atoms with Crippen LogP contribution in [0, 0.1) is 6.92 Å². The van der Waals surface area contributed by atoms with Gasteiger partial charge in [-0.3, -0.25) is 9.69 Å². The number of aliphatic imine (C=N–C) groups is 1. The van der Waals surface area contributed by atoms with Gasteiger partial charge in [-0.2, -0.15) is 0 Å². The summed E-state index contributed by atoms with van der Waals surface area (Å²) in [6, 6.07) is 20.3. The van der Waals surface area contributed by atoms with Gasteiger partial charge in [0.15, 0.2) is 5.17 Å². The van der Waals surface area contributed by atoms with Gasteiger partial charge in [-0.25, -0.2) is 9.79 Å². The molecule has 0 radical (unpaired) electrons. The number of anilines is 2. The van der Waals surface area contributed by atoms with Crippen molar-refractivity contribution in [3.63, 3.8) is 0 Å². The highest BCUT2D eigenvalue weighted by Gasteiger charge is 2.40. The molecule has 0 saturated carbocycles. The normalized spacial score (nSPS) is 18.2. The van der Waals surface area contributed by atoms with E-state index in [1.165, 1.54) is 11.8 Å². The first kappa shape index (κ1) is 24.5. The number of carbonyl (C=O) groups excluding carboxylic acids is 2. The zero-order valence-corrected chi connectivity index (χ0v) is 22.2. The average Bonchev–Trinajstić information content (AvgIpc) is 3.35. The Balaban J connectivity index is 1.55. The number of nitrogens with zero attached hydrogens (tertiary/aromatic N) is 3. The Bertz CT molecular complexity index is 1440. The van der Waals surface area contributed by atoms with Crippen LogP contribution >= 0.6 is 35.1 Å². The minimum absolute atomic E-state index is 0.138. The second kappa shape index (κ2) is 10.0. The predicted octanol–water partition coefficient (Wildman–Crippen LogP) is 7.00. The molecule has 36 heavy (non-hydrogen) atoms. The van der Waals surface area contributed by atoms with E-state index in [1.54, 1.807) is 47.9 Å². The van der Waals surface area contributed by atoms with Crippen molar-refractivity contribution in [3.05, 3.63) is 92.8 Å². The number of amidine groups is 1. The van der Waals surface area contributed by atoms with Gasteiger partial charge in [0, 0.05) is 17.0 Å². The topological polar surface area (TPSA) is 62.2 Å². The van der Waals surface area contributed by atoms with Crippen LogP contribution in [0.5, 0.6) is 0 Å². The van der Waals surface area contributed by atoms with Crippen molar-refractivity contribution in [3.8, 4) is 0 Å². The second-order valence-electron chi connectivity index (χ2n) is 8.15. The summed E-state index contributed by atoms with van der Waals surface area (Å²) in [6.45, 7) is 4.07. The second-order valence-corrected chi connectivity index (χ2v) is 10.6. The summed E-state index contributed by atoms with van der Waals surface area (Å²) in [5.74, 6) is -0.516. The van der Waals surface area contributed by atoms with Crippen molar-refractivity contribution >= 4 is 69.2 Å². The average molecular weight is 536 g/mol. The lowest BCUT2D eigenvalue weighted by atomic mass is 10.2. The number of rotatable bonds is 4. The fourth-order valence-corrected chi connectivity index (χ4v) is 6.38. The molecule has 182 valence electrons. The summed E-state index contributed by atoms with van der Waals surface area (Å²) in [6.07, 6.45) is 0. The molecule has 0 atom stereocenters. The Morgan fingerprint density at radius 1 is 1.06 bits per heavy atom. The number of hydrogen-bond acceptors (Lipinski definition) is 7. The van der Waals surface area contributed by atoms with Crippen LogP contribution in [0.15, 0.2) is 86.6 Å². The minimum atomic E-state index is -0.378.